The molecular formula is C15H19ClN2O3. The summed E-state index contributed by atoms with van der Waals surface area (Å²) in [6.45, 7) is 2.87. The second-order valence-corrected chi connectivity index (χ2v) is 4.88. The molecule has 1 aromatic rings. The third-order valence-corrected chi connectivity index (χ3v) is 3.11. The van der Waals surface area contributed by atoms with Crippen molar-refractivity contribution in [2.45, 2.75) is 19.8 Å². The van der Waals surface area contributed by atoms with Gasteiger partial charge in [-0.25, -0.2) is 0 Å². The lowest BCUT2D eigenvalue weighted by atomic mass is 10.1. The van der Waals surface area contributed by atoms with Gasteiger partial charge >= 0.3 is 0 Å². The molecule has 6 heteroatoms. The lowest BCUT2D eigenvalue weighted by Gasteiger charge is -2.18. The van der Waals surface area contributed by atoms with Crippen molar-refractivity contribution in [1.29, 1.82) is 5.26 Å². The summed E-state index contributed by atoms with van der Waals surface area (Å²) in [5.41, 5.74) is 0.404. The van der Waals surface area contributed by atoms with Crippen LogP contribution in [0, 0.1) is 11.3 Å². The molecule has 0 fully saturated rings. The van der Waals surface area contributed by atoms with Gasteiger partial charge in [0, 0.05) is 19.2 Å². The van der Waals surface area contributed by atoms with Gasteiger partial charge in [0.25, 0.3) is 5.91 Å². The Morgan fingerprint density at radius 1 is 1.48 bits per heavy atom. The molecule has 0 saturated carbocycles. The molecule has 0 heterocycles. The van der Waals surface area contributed by atoms with Crippen LogP contribution in [0.15, 0.2) is 12.1 Å². The highest BCUT2D eigenvalue weighted by Crippen LogP contribution is 2.36. The SMILES string of the molecule is CCCOc1c(Cl)cc(C(=O)N(C)CCC#N)cc1OC. The molecule has 0 radical (unpaired) electrons. The number of nitrogens with zero attached hydrogens (tertiary/aromatic N) is 2. The number of benzene rings is 1. The van der Waals surface area contributed by atoms with E-state index in [9.17, 15) is 4.79 Å². The number of carbonyl (C=O) groups excluding carboxylic acids is 1. The van der Waals surface area contributed by atoms with Gasteiger partial charge in [-0.15, -0.1) is 0 Å². The Hall–Kier alpha value is -1.93. The average Bonchev–Trinajstić information content (AvgIpc) is 2.49. The molecule has 0 atom stereocenters. The zero-order valence-corrected chi connectivity index (χ0v) is 13.2. The van der Waals surface area contributed by atoms with E-state index in [0.29, 0.717) is 35.2 Å². The summed E-state index contributed by atoms with van der Waals surface area (Å²) < 4.78 is 10.8. The zero-order valence-electron chi connectivity index (χ0n) is 12.5. The minimum absolute atomic E-state index is 0.215. The first-order valence-electron chi connectivity index (χ1n) is 6.67. The number of methoxy groups -OCH3 is 1. The smallest absolute Gasteiger partial charge is 0.253 e. The van der Waals surface area contributed by atoms with Gasteiger partial charge in [-0.1, -0.05) is 18.5 Å². The topological polar surface area (TPSA) is 62.6 Å². The monoisotopic (exact) mass is 310 g/mol. The van der Waals surface area contributed by atoms with E-state index in [2.05, 4.69) is 0 Å². The van der Waals surface area contributed by atoms with E-state index in [1.165, 1.54) is 12.0 Å². The fraction of sp³-hybridized carbons (Fsp3) is 0.467. The number of hydrogen-bond acceptors (Lipinski definition) is 4. The maximum atomic E-state index is 12.3. The number of rotatable bonds is 7. The Morgan fingerprint density at radius 2 is 2.19 bits per heavy atom. The first-order valence-corrected chi connectivity index (χ1v) is 7.05. The van der Waals surface area contributed by atoms with Gasteiger partial charge in [-0.3, -0.25) is 4.79 Å². The molecule has 0 aliphatic rings. The van der Waals surface area contributed by atoms with E-state index >= 15 is 0 Å². The van der Waals surface area contributed by atoms with E-state index in [1.54, 1.807) is 19.2 Å². The summed E-state index contributed by atoms with van der Waals surface area (Å²) >= 11 is 6.17. The predicted molar refractivity (Wildman–Crippen MR) is 81.0 cm³/mol. The molecule has 1 amide bonds. The fourth-order valence-electron chi connectivity index (χ4n) is 1.73. The van der Waals surface area contributed by atoms with Gasteiger partial charge in [0.1, 0.15) is 0 Å². The molecule has 0 saturated heterocycles. The van der Waals surface area contributed by atoms with Crippen LogP contribution < -0.4 is 9.47 Å². The van der Waals surface area contributed by atoms with Crippen molar-refractivity contribution in [1.82, 2.24) is 4.90 Å². The van der Waals surface area contributed by atoms with Crippen LogP contribution in [0.4, 0.5) is 0 Å². The highest BCUT2D eigenvalue weighted by molar-refractivity contribution is 6.32. The van der Waals surface area contributed by atoms with Crippen LogP contribution >= 0.6 is 11.6 Å². The third kappa shape index (κ3) is 4.54. The molecular weight excluding hydrogens is 292 g/mol. The fourth-order valence-corrected chi connectivity index (χ4v) is 1.99. The molecule has 0 N–H and O–H groups in total. The van der Waals surface area contributed by atoms with Gasteiger partial charge in [-0.05, 0) is 18.6 Å². The average molecular weight is 311 g/mol. The Kier molecular flexibility index (Phi) is 6.83. The van der Waals surface area contributed by atoms with Gasteiger partial charge in [0.2, 0.25) is 0 Å². The van der Waals surface area contributed by atoms with Crippen LogP contribution in [0.2, 0.25) is 5.02 Å². The second-order valence-electron chi connectivity index (χ2n) is 4.47. The molecule has 5 nitrogen and oxygen atoms in total. The van der Waals surface area contributed by atoms with E-state index < -0.39 is 0 Å². The van der Waals surface area contributed by atoms with Crippen LogP contribution in [0.1, 0.15) is 30.1 Å². The summed E-state index contributed by atoms with van der Waals surface area (Å²) in [4.78, 5) is 13.7. The number of carbonyl (C=O) groups is 1. The van der Waals surface area contributed by atoms with Gasteiger partial charge < -0.3 is 14.4 Å². The molecule has 114 valence electrons. The summed E-state index contributed by atoms with van der Waals surface area (Å²) in [6.07, 6.45) is 1.13. The van der Waals surface area contributed by atoms with Gasteiger partial charge in [-0.2, -0.15) is 5.26 Å². The lowest BCUT2D eigenvalue weighted by Crippen LogP contribution is -2.27. The van der Waals surface area contributed by atoms with E-state index in [0.717, 1.165) is 6.42 Å². The van der Waals surface area contributed by atoms with Crippen LogP contribution in [0.25, 0.3) is 0 Å². The Balaban J connectivity index is 3.02. The summed E-state index contributed by atoms with van der Waals surface area (Å²) in [6, 6.07) is 5.16. The maximum absolute atomic E-state index is 12.3. The molecule has 0 aliphatic heterocycles. The van der Waals surface area contributed by atoms with Crippen LogP contribution in [-0.4, -0.2) is 38.1 Å². The zero-order chi connectivity index (χ0) is 15.8. The first kappa shape index (κ1) is 17.1. The van der Waals surface area contributed by atoms with Crippen molar-refractivity contribution in [2.24, 2.45) is 0 Å². The molecule has 1 aromatic carbocycles. The molecule has 0 aromatic heterocycles. The largest absolute Gasteiger partial charge is 0.493 e. The van der Waals surface area contributed by atoms with E-state index in [-0.39, 0.29) is 12.3 Å². The normalized spacial score (nSPS) is 9.86. The van der Waals surface area contributed by atoms with E-state index in [1.807, 2.05) is 13.0 Å². The molecule has 0 unspecified atom stereocenters. The summed E-state index contributed by atoms with van der Waals surface area (Å²) in [5.74, 6) is 0.651. The van der Waals surface area contributed by atoms with Crippen molar-refractivity contribution in [3.05, 3.63) is 22.7 Å². The third-order valence-electron chi connectivity index (χ3n) is 2.83. The van der Waals surface area contributed by atoms with Crippen molar-refractivity contribution < 1.29 is 14.3 Å². The van der Waals surface area contributed by atoms with Crippen molar-refractivity contribution in [2.75, 3.05) is 27.3 Å². The van der Waals surface area contributed by atoms with Crippen LogP contribution in [-0.2, 0) is 0 Å². The highest BCUT2D eigenvalue weighted by atomic mass is 35.5. The number of ether oxygens (including phenoxy) is 2. The molecule has 0 bridgehead atoms. The highest BCUT2D eigenvalue weighted by Gasteiger charge is 2.18. The lowest BCUT2D eigenvalue weighted by molar-refractivity contribution is 0.0797. The van der Waals surface area contributed by atoms with Crippen molar-refractivity contribution >= 4 is 17.5 Å². The second kappa shape index (κ2) is 8.38. The van der Waals surface area contributed by atoms with Crippen molar-refractivity contribution in [3.8, 4) is 17.6 Å². The first-order chi connectivity index (χ1) is 10.0. The van der Waals surface area contributed by atoms with Crippen molar-refractivity contribution in [3.63, 3.8) is 0 Å². The number of amides is 1. The number of halogens is 1. The van der Waals surface area contributed by atoms with Crippen LogP contribution in [0.3, 0.4) is 0 Å². The Bertz CT molecular complexity index is 540. The van der Waals surface area contributed by atoms with Gasteiger partial charge in [0.05, 0.1) is 31.2 Å². The summed E-state index contributed by atoms with van der Waals surface area (Å²) in [5, 5.41) is 8.90. The summed E-state index contributed by atoms with van der Waals surface area (Å²) in [7, 11) is 3.14. The Morgan fingerprint density at radius 3 is 2.76 bits per heavy atom. The van der Waals surface area contributed by atoms with Gasteiger partial charge in [0.15, 0.2) is 11.5 Å². The minimum Gasteiger partial charge on any atom is -0.493 e. The van der Waals surface area contributed by atoms with E-state index in [4.69, 9.17) is 26.3 Å². The molecule has 1 rings (SSSR count). The number of nitriles is 1. The predicted octanol–water partition coefficient (Wildman–Crippen LogP) is 3.12. The quantitative estimate of drug-likeness (QED) is 0.776. The maximum Gasteiger partial charge on any atom is 0.253 e. The Labute approximate surface area is 130 Å². The number of hydrogen-bond donors (Lipinski definition) is 0. The molecule has 0 spiro atoms. The van der Waals surface area contributed by atoms with Crippen LogP contribution in [0.5, 0.6) is 11.5 Å². The standard InChI is InChI=1S/C15H19ClN2O3/c1-4-8-21-14-12(16)9-11(10-13(14)20-3)15(19)18(2)7-5-6-17/h9-10H,4-5,7-8H2,1-3H3. The molecule has 0 aliphatic carbocycles. The molecule has 21 heavy (non-hydrogen) atoms. The minimum atomic E-state index is -0.215.